The average molecular weight is 258 g/mol. The largest absolute Gasteiger partial charge is 0.472 e. The predicted molar refractivity (Wildman–Crippen MR) is 66.4 cm³/mol. The van der Waals surface area contributed by atoms with Crippen LogP contribution in [0.25, 0.3) is 0 Å². The van der Waals surface area contributed by atoms with Crippen molar-refractivity contribution in [2.75, 3.05) is 0 Å². The third-order valence-electron chi connectivity index (χ3n) is 2.48. The number of hydrogen-bond acceptors (Lipinski definition) is 3. The van der Waals surface area contributed by atoms with Crippen LogP contribution in [-0.2, 0) is 20.2 Å². The van der Waals surface area contributed by atoms with Crippen LogP contribution in [0.15, 0.2) is 30.3 Å². The Morgan fingerprint density at radius 2 is 1.82 bits per heavy atom. The Bertz CT molecular complexity index is 377. The van der Waals surface area contributed by atoms with Gasteiger partial charge >= 0.3 is 7.82 Å². The highest BCUT2D eigenvalue weighted by Gasteiger charge is 2.25. The van der Waals surface area contributed by atoms with Gasteiger partial charge in [0.1, 0.15) is 0 Å². The summed E-state index contributed by atoms with van der Waals surface area (Å²) < 4.78 is 21.5. The molecular weight excluding hydrogens is 239 g/mol. The molecule has 1 aromatic carbocycles. The fraction of sp³-hybridized carbons (Fsp3) is 0.500. The van der Waals surface area contributed by atoms with Gasteiger partial charge in [0.25, 0.3) is 0 Å². The van der Waals surface area contributed by atoms with Crippen molar-refractivity contribution in [3.05, 3.63) is 35.9 Å². The molecule has 0 bridgehead atoms. The van der Waals surface area contributed by atoms with Gasteiger partial charge in [0.05, 0.1) is 12.7 Å². The molecular formula is C12H19O4P. The molecule has 1 N–H and O–H groups in total. The summed E-state index contributed by atoms with van der Waals surface area (Å²) in [5, 5.41) is 0. The molecule has 0 heterocycles. The molecule has 5 heteroatoms. The highest BCUT2D eigenvalue weighted by atomic mass is 31.2. The van der Waals surface area contributed by atoms with Crippen LogP contribution in [-0.4, -0.2) is 11.0 Å². The second-order valence-corrected chi connectivity index (χ2v) is 5.69. The van der Waals surface area contributed by atoms with Gasteiger partial charge in [-0.3, -0.25) is 9.05 Å². The maximum atomic E-state index is 11.6. The van der Waals surface area contributed by atoms with Gasteiger partial charge in [0.2, 0.25) is 0 Å². The quantitative estimate of drug-likeness (QED) is 0.795. The normalized spacial score (nSPS) is 16.8. The second kappa shape index (κ2) is 6.31. The van der Waals surface area contributed by atoms with E-state index in [2.05, 4.69) is 0 Å². The first-order valence-electron chi connectivity index (χ1n) is 5.60. The monoisotopic (exact) mass is 258 g/mol. The molecule has 0 fully saturated rings. The molecule has 0 aliphatic carbocycles. The number of benzene rings is 1. The topological polar surface area (TPSA) is 55.8 Å². The molecule has 0 amide bonds. The van der Waals surface area contributed by atoms with E-state index in [4.69, 9.17) is 9.05 Å². The Balaban J connectivity index is 2.47. The van der Waals surface area contributed by atoms with E-state index < -0.39 is 7.82 Å². The van der Waals surface area contributed by atoms with Crippen molar-refractivity contribution >= 4 is 7.82 Å². The van der Waals surface area contributed by atoms with Gasteiger partial charge in [-0.05, 0) is 18.4 Å². The van der Waals surface area contributed by atoms with Crippen LogP contribution in [0.2, 0.25) is 0 Å². The molecule has 96 valence electrons. The molecule has 2 unspecified atom stereocenters. The Morgan fingerprint density at radius 1 is 1.24 bits per heavy atom. The number of hydrogen-bond donors (Lipinski definition) is 1. The van der Waals surface area contributed by atoms with Gasteiger partial charge in [0, 0.05) is 0 Å². The average Bonchev–Trinajstić information content (AvgIpc) is 2.27. The van der Waals surface area contributed by atoms with Crippen molar-refractivity contribution in [3.8, 4) is 0 Å². The lowest BCUT2D eigenvalue weighted by Gasteiger charge is -2.20. The molecule has 1 aromatic rings. The summed E-state index contributed by atoms with van der Waals surface area (Å²) in [6.45, 7) is 5.66. The fourth-order valence-corrected chi connectivity index (χ4v) is 2.13. The molecule has 0 aliphatic rings. The van der Waals surface area contributed by atoms with E-state index in [1.165, 1.54) is 0 Å². The van der Waals surface area contributed by atoms with Crippen LogP contribution in [0.1, 0.15) is 26.3 Å². The van der Waals surface area contributed by atoms with Gasteiger partial charge in [-0.2, -0.15) is 0 Å². The molecule has 4 nitrogen and oxygen atoms in total. The third kappa shape index (κ3) is 5.46. The summed E-state index contributed by atoms with van der Waals surface area (Å²) >= 11 is 0. The summed E-state index contributed by atoms with van der Waals surface area (Å²) in [5.74, 6) is 0.163. The standard InChI is InChI=1S/C12H19O4P/c1-10(2)11(3)16-17(13,14)15-9-12-7-5-4-6-8-12/h4-8,10-11H,9H2,1-3H3,(H,13,14). The van der Waals surface area contributed by atoms with E-state index >= 15 is 0 Å². The molecule has 0 saturated heterocycles. The molecule has 0 radical (unpaired) electrons. The summed E-state index contributed by atoms with van der Waals surface area (Å²) in [7, 11) is -3.97. The minimum Gasteiger partial charge on any atom is -0.302 e. The molecule has 0 aliphatic heterocycles. The van der Waals surface area contributed by atoms with Crippen molar-refractivity contribution in [1.29, 1.82) is 0 Å². The van der Waals surface area contributed by atoms with Crippen LogP contribution in [0, 0.1) is 5.92 Å². The minimum absolute atomic E-state index is 0.0689. The lowest BCUT2D eigenvalue weighted by Crippen LogP contribution is -2.14. The first-order chi connectivity index (χ1) is 7.91. The van der Waals surface area contributed by atoms with E-state index in [1.54, 1.807) is 6.92 Å². The molecule has 0 aromatic heterocycles. The van der Waals surface area contributed by atoms with Crippen LogP contribution in [0.4, 0.5) is 0 Å². The summed E-state index contributed by atoms with van der Waals surface area (Å²) in [6, 6.07) is 9.22. The molecule has 2 atom stereocenters. The Labute approximate surface area is 102 Å². The highest BCUT2D eigenvalue weighted by Crippen LogP contribution is 2.46. The van der Waals surface area contributed by atoms with Gasteiger partial charge in [-0.1, -0.05) is 44.2 Å². The van der Waals surface area contributed by atoms with Gasteiger partial charge in [0.15, 0.2) is 0 Å². The van der Waals surface area contributed by atoms with Crippen molar-refractivity contribution in [2.24, 2.45) is 5.92 Å². The zero-order valence-corrected chi connectivity index (χ0v) is 11.3. The highest BCUT2D eigenvalue weighted by molar-refractivity contribution is 7.47. The number of phosphoric acid groups is 1. The van der Waals surface area contributed by atoms with Gasteiger partial charge in [-0.15, -0.1) is 0 Å². The van der Waals surface area contributed by atoms with Crippen LogP contribution in [0.3, 0.4) is 0 Å². The molecule has 0 saturated carbocycles. The first-order valence-corrected chi connectivity index (χ1v) is 7.10. The van der Waals surface area contributed by atoms with E-state index in [0.717, 1.165) is 5.56 Å². The Kier molecular flexibility index (Phi) is 5.34. The summed E-state index contributed by atoms with van der Waals surface area (Å²) in [5.41, 5.74) is 0.836. The minimum atomic E-state index is -3.97. The maximum Gasteiger partial charge on any atom is 0.472 e. The van der Waals surface area contributed by atoms with Crippen molar-refractivity contribution in [1.82, 2.24) is 0 Å². The lowest BCUT2D eigenvalue weighted by molar-refractivity contribution is 0.0855. The fourth-order valence-electron chi connectivity index (χ4n) is 1.09. The van der Waals surface area contributed by atoms with E-state index in [9.17, 15) is 9.46 Å². The van der Waals surface area contributed by atoms with E-state index in [0.29, 0.717) is 0 Å². The van der Waals surface area contributed by atoms with Crippen LogP contribution in [0.5, 0.6) is 0 Å². The third-order valence-corrected chi connectivity index (χ3v) is 3.53. The Hall–Kier alpha value is -0.670. The van der Waals surface area contributed by atoms with E-state index in [1.807, 2.05) is 44.2 Å². The lowest BCUT2D eigenvalue weighted by atomic mass is 10.1. The molecule has 1 rings (SSSR count). The van der Waals surface area contributed by atoms with Gasteiger partial charge < -0.3 is 4.89 Å². The van der Waals surface area contributed by atoms with Gasteiger partial charge in [-0.25, -0.2) is 4.57 Å². The zero-order valence-electron chi connectivity index (χ0n) is 10.4. The second-order valence-electron chi connectivity index (χ2n) is 4.28. The molecule has 17 heavy (non-hydrogen) atoms. The zero-order chi connectivity index (χ0) is 12.9. The van der Waals surface area contributed by atoms with Crippen LogP contribution >= 0.6 is 7.82 Å². The first kappa shape index (κ1) is 14.4. The summed E-state index contributed by atoms with van der Waals surface area (Å²) in [4.78, 5) is 9.51. The maximum absolute atomic E-state index is 11.6. The Morgan fingerprint density at radius 3 is 2.35 bits per heavy atom. The SMILES string of the molecule is CC(C)C(C)OP(=O)(O)OCc1ccccc1. The van der Waals surface area contributed by atoms with Crippen molar-refractivity contribution in [3.63, 3.8) is 0 Å². The predicted octanol–water partition coefficient (Wildman–Crippen LogP) is 3.36. The van der Waals surface area contributed by atoms with Crippen LogP contribution < -0.4 is 0 Å². The molecule has 0 spiro atoms. The van der Waals surface area contributed by atoms with Crippen molar-refractivity contribution in [2.45, 2.75) is 33.5 Å². The summed E-state index contributed by atoms with van der Waals surface area (Å²) in [6.07, 6.45) is -0.318. The number of rotatable bonds is 6. The van der Waals surface area contributed by atoms with Crippen molar-refractivity contribution < 1.29 is 18.5 Å². The van der Waals surface area contributed by atoms with E-state index in [-0.39, 0.29) is 18.6 Å². The smallest absolute Gasteiger partial charge is 0.302 e. The number of phosphoric ester groups is 1.